The van der Waals surface area contributed by atoms with Crippen LogP contribution in [-0.4, -0.2) is 101 Å². The fourth-order valence-electron chi connectivity index (χ4n) is 4.66. The molecule has 0 bridgehead atoms. The van der Waals surface area contributed by atoms with Gasteiger partial charge in [-0.3, -0.25) is 38.7 Å². The van der Waals surface area contributed by atoms with Gasteiger partial charge in [0, 0.05) is 31.3 Å². The number of rotatable bonds is 14. The number of aliphatic hydroxyl groups is 1. The number of amidine groups is 1. The van der Waals surface area contributed by atoms with Crippen LogP contribution in [0.15, 0.2) is 9.98 Å². The van der Waals surface area contributed by atoms with E-state index in [-0.39, 0.29) is 60.6 Å². The first-order valence-corrected chi connectivity index (χ1v) is 15.6. The van der Waals surface area contributed by atoms with Crippen molar-refractivity contribution >= 4 is 48.7 Å². The molecule has 1 fully saturated rings. The minimum atomic E-state index is -4.45. The molecule has 3 rings (SSSR count). The summed E-state index contributed by atoms with van der Waals surface area (Å²) in [6, 6.07) is -0.0268. The zero-order chi connectivity index (χ0) is 29.5. The lowest BCUT2D eigenvalue weighted by molar-refractivity contribution is -0.137. The van der Waals surface area contributed by atoms with Crippen molar-refractivity contribution in [2.75, 3.05) is 32.3 Å². The van der Waals surface area contributed by atoms with E-state index in [2.05, 4.69) is 30.8 Å². The van der Waals surface area contributed by atoms with Gasteiger partial charge < -0.3 is 31.3 Å². The van der Waals surface area contributed by atoms with Crippen molar-refractivity contribution in [2.45, 2.75) is 70.8 Å². The zero-order valence-electron chi connectivity index (χ0n) is 22.9. The third kappa shape index (κ3) is 9.23. The highest BCUT2D eigenvalue weighted by molar-refractivity contribution is 8.13. The molecule has 40 heavy (non-hydrogen) atoms. The van der Waals surface area contributed by atoms with Crippen molar-refractivity contribution in [3.63, 3.8) is 0 Å². The van der Waals surface area contributed by atoms with Crippen LogP contribution < -0.4 is 21.7 Å². The minimum absolute atomic E-state index is 0.0246. The number of thioether (sulfide) groups is 1. The number of nitrogens with two attached hydrogens (primary N) is 1. The number of nitrogens with zero attached hydrogens (tertiary/aromatic N) is 3. The van der Waals surface area contributed by atoms with Crippen LogP contribution in [0.25, 0.3) is 0 Å². The highest BCUT2D eigenvalue weighted by Gasteiger charge is 2.42. The van der Waals surface area contributed by atoms with Crippen molar-refractivity contribution < 1.29 is 38.0 Å². The Morgan fingerprint density at radius 3 is 2.80 bits per heavy atom. The molecule has 17 heteroatoms. The molecule has 0 radical (unpaired) electrons. The lowest BCUT2D eigenvalue weighted by Crippen LogP contribution is -2.57. The molecule has 1 aliphatic carbocycles. The van der Waals surface area contributed by atoms with E-state index in [4.69, 9.17) is 14.8 Å². The summed E-state index contributed by atoms with van der Waals surface area (Å²) in [5, 5.41) is 18.6. The SMILES string of the molecule is CC(=O)SCNC(=O)CCNC(=O)C(O)C(C)(C)COP(=O)(O)OCC1CCC(N2C=NC3C(N)=NCNC32)C1. The molecule has 2 aliphatic heterocycles. The van der Waals surface area contributed by atoms with Gasteiger partial charge in [-0.05, 0) is 25.2 Å². The molecule has 2 amide bonds. The second-order valence-electron chi connectivity index (χ2n) is 10.7. The van der Waals surface area contributed by atoms with E-state index in [9.17, 15) is 28.9 Å². The van der Waals surface area contributed by atoms with Crippen molar-refractivity contribution in [3.8, 4) is 0 Å². The lowest BCUT2D eigenvalue weighted by Gasteiger charge is -2.35. The van der Waals surface area contributed by atoms with Gasteiger partial charge in [0.25, 0.3) is 0 Å². The topological polar surface area (TPSA) is 217 Å². The normalized spacial score (nSPS) is 26.5. The van der Waals surface area contributed by atoms with E-state index in [0.717, 1.165) is 31.0 Å². The van der Waals surface area contributed by atoms with E-state index in [0.29, 0.717) is 12.5 Å². The van der Waals surface area contributed by atoms with Gasteiger partial charge in [-0.2, -0.15) is 0 Å². The molecule has 0 aromatic heterocycles. The van der Waals surface area contributed by atoms with Crippen LogP contribution in [0.1, 0.15) is 46.5 Å². The monoisotopic (exact) mass is 605 g/mol. The summed E-state index contributed by atoms with van der Waals surface area (Å²) in [5.41, 5.74) is 4.74. The van der Waals surface area contributed by atoms with E-state index in [1.54, 1.807) is 6.34 Å². The number of carbonyl (C=O) groups is 3. The molecule has 7 N–H and O–H groups in total. The quantitative estimate of drug-likeness (QED) is 0.109. The summed E-state index contributed by atoms with van der Waals surface area (Å²) >= 11 is 0.952. The molecular weight excluding hydrogens is 565 g/mol. The zero-order valence-corrected chi connectivity index (χ0v) is 24.7. The van der Waals surface area contributed by atoms with Crippen molar-refractivity contribution in [1.29, 1.82) is 0 Å². The average Bonchev–Trinajstić information content (AvgIpc) is 3.53. The van der Waals surface area contributed by atoms with Crippen LogP contribution in [0.4, 0.5) is 0 Å². The summed E-state index contributed by atoms with van der Waals surface area (Å²) in [6.45, 7) is 4.40. The third-order valence-electron chi connectivity index (χ3n) is 7.04. The number of fused-ring (bicyclic) bond motifs is 1. The Morgan fingerprint density at radius 1 is 1.32 bits per heavy atom. The standard InChI is InChI=1S/C23H40N7O8PS/c1-14(31)40-13-29-17(32)6-7-25-22(34)19(33)23(2,3)10-38-39(35,36)37-9-15-4-5-16(8-15)30-12-28-18-20(24)26-11-27-21(18)30/h12,15-16,18-19,21,27,33H,4-11,13H2,1-3H3,(H2,24,26)(H,25,34)(H,29,32)(H,35,36). The van der Waals surface area contributed by atoms with Crippen molar-refractivity contribution in [1.82, 2.24) is 20.9 Å². The Balaban J connectivity index is 1.36. The van der Waals surface area contributed by atoms with E-state index in [1.807, 2.05) is 0 Å². The predicted octanol–water partition coefficient (Wildman–Crippen LogP) is -0.508. The molecule has 6 atom stereocenters. The van der Waals surface area contributed by atoms with Crippen LogP contribution in [0.5, 0.6) is 0 Å². The van der Waals surface area contributed by atoms with E-state index >= 15 is 0 Å². The average molecular weight is 606 g/mol. The predicted molar refractivity (Wildman–Crippen MR) is 149 cm³/mol. The van der Waals surface area contributed by atoms with Gasteiger partial charge in [0.2, 0.25) is 11.8 Å². The van der Waals surface area contributed by atoms with Crippen LogP contribution >= 0.6 is 19.6 Å². The van der Waals surface area contributed by atoms with Crippen LogP contribution in [0, 0.1) is 11.3 Å². The highest BCUT2D eigenvalue weighted by Crippen LogP contribution is 2.46. The largest absolute Gasteiger partial charge is 0.472 e. The van der Waals surface area contributed by atoms with Gasteiger partial charge in [0.15, 0.2) is 5.12 Å². The summed E-state index contributed by atoms with van der Waals surface area (Å²) < 4.78 is 22.9. The molecule has 2 heterocycles. The molecule has 6 unspecified atom stereocenters. The van der Waals surface area contributed by atoms with Gasteiger partial charge in [-0.25, -0.2) is 4.57 Å². The maximum atomic E-state index is 12.5. The molecule has 226 valence electrons. The van der Waals surface area contributed by atoms with E-state index < -0.39 is 31.9 Å². The maximum absolute atomic E-state index is 12.5. The maximum Gasteiger partial charge on any atom is 0.472 e. The number of amides is 2. The van der Waals surface area contributed by atoms with E-state index in [1.165, 1.54) is 20.8 Å². The Morgan fingerprint density at radius 2 is 2.08 bits per heavy atom. The number of phosphoric ester groups is 1. The fourth-order valence-corrected chi connectivity index (χ4v) is 6.06. The molecule has 0 saturated heterocycles. The summed E-state index contributed by atoms with van der Waals surface area (Å²) in [5.74, 6) is -0.428. The molecule has 15 nitrogen and oxygen atoms in total. The third-order valence-corrected chi connectivity index (χ3v) is 8.66. The minimum Gasteiger partial charge on any atom is -0.386 e. The number of nitrogens with one attached hydrogen (secondary N) is 3. The van der Waals surface area contributed by atoms with Crippen molar-refractivity contribution in [2.24, 2.45) is 27.1 Å². The lowest BCUT2D eigenvalue weighted by atomic mass is 9.87. The highest BCUT2D eigenvalue weighted by atomic mass is 32.2. The first kappa shape index (κ1) is 32.4. The molecule has 0 aromatic carbocycles. The van der Waals surface area contributed by atoms with Gasteiger partial charge in [-0.1, -0.05) is 25.6 Å². The molecule has 0 spiro atoms. The van der Waals surface area contributed by atoms with Crippen LogP contribution in [-0.2, 0) is 28.0 Å². The first-order chi connectivity index (χ1) is 18.8. The number of hydrogen-bond donors (Lipinski definition) is 6. The summed E-state index contributed by atoms with van der Waals surface area (Å²) in [4.78, 5) is 56.0. The smallest absolute Gasteiger partial charge is 0.386 e. The van der Waals surface area contributed by atoms with Gasteiger partial charge in [0.1, 0.15) is 24.1 Å². The molecule has 3 aliphatic rings. The Kier molecular flexibility index (Phi) is 11.5. The first-order valence-electron chi connectivity index (χ1n) is 13.1. The van der Waals surface area contributed by atoms with Crippen LogP contribution in [0.2, 0.25) is 0 Å². The van der Waals surface area contributed by atoms with Crippen molar-refractivity contribution in [3.05, 3.63) is 0 Å². The number of hydrogen-bond acceptors (Lipinski definition) is 13. The molecule has 1 saturated carbocycles. The van der Waals surface area contributed by atoms with Gasteiger partial charge >= 0.3 is 7.82 Å². The number of aliphatic hydroxyl groups excluding tert-OH is 1. The Bertz CT molecular complexity index is 1040. The second-order valence-corrected chi connectivity index (χ2v) is 13.3. The molecular formula is C23H40N7O8PS. The number of carbonyl (C=O) groups excluding carboxylic acids is 3. The molecule has 0 aromatic rings. The Hall–Kier alpha value is -2.07. The van der Waals surface area contributed by atoms with Gasteiger partial charge in [-0.15, -0.1) is 0 Å². The number of aliphatic imine (C=N–C) groups is 2. The van der Waals surface area contributed by atoms with Gasteiger partial charge in [0.05, 0.1) is 32.1 Å². The van der Waals surface area contributed by atoms with Crippen LogP contribution in [0.3, 0.4) is 0 Å². The number of phosphoric acid groups is 1. The second kappa shape index (κ2) is 14.2. The Labute approximate surface area is 237 Å². The summed E-state index contributed by atoms with van der Waals surface area (Å²) in [6.07, 6.45) is 2.54. The summed E-state index contributed by atoms with van der Waals surface area (Å²) in [7, 11) is -4.45. The fraction of sp³-hybridized carbons (Fsp3) is 0.783.